The SMILES string of the molecule is CC(C)(C)OC(=O)N1CC[C@]2(CC(=O)NN2)C1. The predicted octanol–water partition coefficient (Wildman–Crippen LogP) is 0.391. The molecule has 2 amide bonds. The maximum Gasteiger partial charge on any atom is 0.410 e. The van der Waals surface area contributed by atoms with Crippen molar-refractivity contribution in [2.75, 3.05) is 13.1 Å². The minimum Gasteiger partial charge on any atom is -0.444 e. The van der Waals surface area contributed by atoms with Crippen molar-refractivity contribution in [1.82, 2.24) is 15.8 Å². The Labute approximate surface area is 101 Å². The Kier molecular flexibility index (Phi) is 2.77. The lowest BCUT2D eigenvalue weighted by Gasteiger charge is -2.26. The zero-order valence-electron chi connectivity index (χ0n) is 10.5. The third-order valence-electron chi connectivity index (χ3n) is 2.97. The number of hydrogen-bond donors (Lipinski definition) is 2. The molecule has 6 heteroatoms. The van der Waals surface area contributed by atoms with Crippen molar-refractivity contribution in [1.29, 1.82) is 0 Å². The summed E-state index contributed by atoms with van der Waals surface area (Å²) in [7, 11) is 0. The molecule has 6 nitrogen and oxygen atoms in total. The first-order valence-electron chi connectivity index (χ1n) is 5.84. The molecule has 0 unspecified atom stereocenters. The predicted molar refractivity (Wildman–Crippen MR) is 61.1 cm³/mol. The van der Waals surface area contributed by atoms with Crippen LogP contribution in [0.25, 0.3) is 0 Å². The third-order valence-corrected chi connectivity index (χ3v) is 2.97. The summed E-state index contributed by atoms with van der Waals surface area (Å²) in [4.78, 5) is 24.7. The summed E-state index contributed by atoms with van der Waals surface area (Å²) in [5, 5.41) is 0. The molecule has 0 saturated carbocycles. The molecule has 2 rings (SSSR count). The molecule has 2 aliphatic rings. The van der Waals surface area contributed by atoms with Gasteiger partial charge in [0.15, 0.2) is 0 Å². The summed E-state index contributed by atoms with van der Waals surface area (Å²) in [6, 6.07) is 0. The van der Waals surface area contributed by atoms with E-state index in [9.17, 15) is 9.59 Å². The second-order valence-corrected chi connectivity index (χ2v) is 5.78. The standard InChI is InChI=1S/C11H19N3O3/c1-10(2,3)17-9(16)14-5-4-11(7-14)6-8(15)12-13-11/h13H,4-7H2,1-3H3,(H,12,15)/t11-/m0/s1. The van der Waals surface area contributed by atoms with E-state index in [2.05, 4.69) is 10.9 Å². The van der Waals surface area contributed by atoms with Gasteiger partial charge in [-0.1, -0.05) is 0 Å². The molecular weight excluding hydrogens is 222 g/mol. The van der Waals surface area contributed by atoms with E-state index in [0.717, 1.165) is 6.42 Å². The van der Waals surface area contributed by atoms with Gasteiger partial charge in [0.2, 0.25) is 5.91 Å². The Morgan fingerprint density at radius 1 is 1.47 bits per heavy atom. The lowest BCUT2D eigenvalue weighted by molar-refractivity contribution is -0.119. The number of amides is 2. The van der Waals surface area contributed by atoms with Gasteiger partial charge in [0.1, 0.15) is 5.60 Å². The zero-order chi connectivity index (χ0) is 12.7. The van der Waals surface area contributed by atoms with Crippen LogP contribution in [0.2, 0.25) is 0 Å². The Morgan fingerprint density at radius 3 is 2.71 bits per heavy atom. The summed E-state index contributed by atoms with van der Waals surface area (Å²) < 4.78 is 5.31. The second kappa shape index (κ2) is 3.87. The van der Waals surface area contributed by atoms with E-state index in [4.69, 9.17) is 4.74 Å². The molecule has 0 bridgehead atoms. The number of rotatable bonds is 0. The van der Waals surface area contributed by atoms with Crippen molar-refractivity contribution in [2.24, 2.45) is 0 Å². The van der Waals surface area contributed by atoms with Gasteiger partial charge in [0.05, 0.1) is 5.54 Å². The molecule has 2 saturated heterocycles. The van der Waals surface area contributed by atoms with Gasteiger partial charge in [0, 0.05) is 19.5 Å². The second-order valence-electron chi connectivity index (χ2n) is 5.78. The summed E-state index contributed by atoms with van der Waals surface area (Å²) in [6.07, 6.45) is 0.882. The summed E-state index contributed by atoms with van der Waals surface area (Å²) in [5.41, 5.74) is 4.79. The molecule has 0 aliphatic carbocycles. The average molecular weight is 241 g/mol. The van der Waals surface area contributed by atoms with Gasteiger partial charge in [-0.15, -0.1) is 0 Å². The van der Waals surface area contributed by atoms with Gasteiger partial charge in [-0.3, -0.25) is 10.2 Å². The Morgan fingerprint density at radius 2 is 2.18 bits per heavy atom. The van der Waals surface area contributed by atoms with Gasteiger partial charge in [0.25, 0.3) is 0 Å². The fourth-order valence-corrected chi connectivity index (χ4v) is 2.20. The molecule has 96 valence electrons. The minimum absolute atomic E-state index is 0.0176. The number of ether oxygens (including phenoxy) is 1. The number of carbonyl (C=O) groups is 2. The first-order valence-corrected chi connectivity index (χ1v) is 5.84. The lowest BCUT2D eigenvalue weighted by Crippen LogP contribution is -2.47. The maximum absolute atomic E-state index is 11.9. The molecule has 1 atom stereocenters. The third kappa shape index (κ3) is 2.69. The van der Waals surface area contributed by atoms with Crippen molar-refractivity contribution in [3.63, 3.8) is 0 Å². The van der Waals surface area contributed by atoms with Crippen LogP contribution in [-0.4, -0.2) is 41.1 Å². The van der Waals surface area contributed by atoms with Gasteiger partial charge in [-0.25, -0.2) is 10.2 Å². The number of nitrogens with zero attached hydrogens (tertiary/aromatic N) is 1. The van der Waals surface area contributed by atoms with E-state index in [1.165, 1.54) is 0 Å². The fraction of sp³-hybridized carbons (Fsp3) is 0.818. The van der Waals surface area contributed by atoms with E-state index >= 15 is 0 Å². The lowest BCUT2D eigenvalue weighted by atomic mass is 9.97. The van der Waals surface area contributed by atoms with E-state index in [1.54, 1.807) is 4.90 Å². The zero-order valence-corrected chi connectivity index (χ0v) is 10.5. The molecular formula is C11H19N3O3. The highest BCUT2D eigenvalue weighted by Gasteiger charge is 2.46. The average Bonchev–Trinajstić information content (AvgIpc) is 2.72. The van der Waals surface area contributed by atoms with Gasteiger partial charge in [-0.2, -0.15) is 0 Å². The molecule has 2 fully saturated rings. The van der Waals surface area contributed by atoms with Crippen molar-refractivity contribution >= 4 is 12.0 Å². The molecule has 0 radical (unpaired) electrons. The Balaban J connectivity index is 1.94. The van der Waals surface area contributed by atoms with E-state index < -0.39 is 5.60 Å². The van der Waals surface area contributed by atoms with E-state index in [1.807, 2.05) is 20.8 Å². The molecule has 17 heavy (non-hydrogen) atoms. The normalized spacial score (nSPS) is 28.6. The van der Waals surface area contributed by atoms with Crippen LogP contribution in [0.5, 0.6) is 0 Å². The number of nitrogens with one attached hydrogen (secondary N) is 2. The highest BCUT2D eigenvalue weighted by Crippen LogP contribution is 2.28. The van der Waals surface area contributed by atoms with Crippen molar-refractivity contribution in [2.45, 2.75) is 44.8 Å². The largest absolute Gasteiger partial charge is 0.444 e. The van der Waals surface area contributed by atoms with Crippen LogP contribution in [0.1, 0.15) is 33.6 Å². The number of hydrazine groups is 1. The van der Waals surface area contributed by atoms with Crippen LogP contribution in [0.15, 0.2) is 0 Å². The molecule has 2 heterocycles. The Hall–Kier alpha value is -1.30. The first kappa shape index (κ1) is 12.2. The Bertz CT molecular complexity index is 350. The van der Waals surface area contributed by atoms with Gasteiger partial charge < -0.3 is 9.64 Å². The van der Waals surface area contributed by atoms with Crippen molar-refractivity contribution in [3.05, 3.63) is 0 Å². The molecule has 2 aliphatic heterocycles. The van der Waals surface area contributed by atoms with Crippen LogP contribution in [-0.2, 0) is 9.53 Å². The van der Waals surface area contributed by atoms with Crippen LogP contribution in [0.4, 0.5) is 4.79 Å². The topological polar surface area (TPSA) is 70.7 Å². The number of carbonyl (C=O) groups excluding carboxylic acids is 2. The first-order chi connectivity index (χ1) is 7.80. The van der Waals surface area contributed by atoms with Crippen LogP contribution < -0.4 is 10.9 Å². The van der Waals surface area contributed by atoms with Crippen LogP contribution in [0.3, 0.4) is 0 Å². The maximum atomic E-state index is 11.9. The number of hydrogen-bond acceptors (Lipinski definition) is 4. The fourth-order valence-electron chi connectivity index (χ4n) is 2.20. The molecule has 0 aromatic carbocycles. The van der Waals surface area contributed by atoms with E-state index in [-0.39, 0.29) is 17.5 Å². The summed E-state index contributed by atoms with van der Waals surface area (Å²) in [6.45, 7) is 6.67. The molecule has 0 aromatic rings. The molecule has 0 aromatic heterocycles. The van der Waals surface area contributed by atoms with Gasteiger partial charge >= 0.3 is 6.09 Å². The summed E-state index contributed by atoms with van der Waals surface area (Å²) in [5.74, 6) is -0.0176. The minimum atomic E-state index is -0.482. The molecule has 2 N–H and O–H groups in total. The van der Waals surface area contributed by atoms with Crippen molar-refractivity contribution in [3.8, 4) is 0 Å². The van der Waals surface area contributed by atoms with Crippen LogP contribution in [0, 0.1) is 0 Å². The summed E-state index contributed by atoms with van der Waals surface area (Å²) >= 11 is 0. The van der Waals surface area contributed by atoms with Gasteiger partial charge in [-0.05, 0) is 27.2 Å². The van der Waals surface area contributed by atoms with E-state index in [0.29, 0.717) is 19.5 Å². The van der Waals surface area contributed by atoms with Crippen molar-refractivity contribution < 1.29 is 14.3 Å². The smallest absolute Gasteiger partial charge is 0.410 e. The van der Waals surface area contributed by atoms with Crippen LogP contribution >= 0.6 is 0 Å². The molecule has 1 spiro atoms. The highest BCUT2D eigenvalue weighted by atomic mass is 16.6. The number of likely N-dealkylation sites (tertiary alicyclic amines) is 1. The monoisotopic (exact) mass is 241 g/mol. The quantitative estimate of drug-likeness (QED) is 0.643. The highest BCUT2D eigenvalue weighted by molar-refractivity contribution is 5.79.